The summed E-state index contributed by atoms with van der Waals surface area (Å²) in [6.45, 7) is 7.23. The van der Waals surface area contributed by atoms with Crippen LogP contribution in [0.15, 0.2) is 54.6 Å². The van der Waals surface area contributed by atoms with Crippen LogP contribution >= 0.6 is 0 Å². The molecule has 0 bridgehead atoms. The molecule has 1 amide bonds. The van der Waals surface area contributed by atoms with E-state index in [4.69, 9.17) is 0 Å². The van der Waals surface area contributed by atoms with Crippen LogP contribution in [0.1, 0.15) is 48.9 Å². The lowest BCUT2D eigenvalue weighted by atomic mass is 9.93. The Bertz CT molecular complexity index is 705. The van der Waals surface area contributed by atoms with Crippen molar-refractivity contribution >= 4 is 5.91 Å². The van der Waals surface area contributed by atoms with Gasteiger partial charge in [-0.2, -0.15) is 0 Å². The number of hydrogen-bond donors (Lipinski definition) is 1. The van der Waals surface area contributed by atoms with Crippen LogP contribution in [0, 0.1) is 12.8 Å². The number of amides is 1. The van der Waals surface area contributed by atoms with Crippen LogP contribution in [0.3, 0.4) is 0 Å². The standard InChI is InChI=1S/C23H30N2O/c1-3-22(21-12-8-7-9-18(21)2)24-23(26)20-13-15-25(16-14-20)17-19-10-5-4-6-11-19/h4-12,20,22H,3,13-17H2,1-2H3,(H,24,26). The summed E-state index contributed by atoms with van der Waals surface area (Å²) in [5.74, 6) is 0.361. The van der Waals surface area contributed by atoms with E-state index in [0.29, 0.717) is 0 Å². The molecule has 1 N–H and O–H groups in total. The first-order chi connectivity index (χ1) is 12.7. The highest BCUT2D eigenvalue weighted by atomic mass is 16.1. The summed E-state index contributed by atoms with van der Waals surface area (Å²) in [5.41, 5.74) is 3.84. The Hall–Kier alpha value is -2.13. The molecule has 0 aliphatic carbocycles. The first-order valence-corrected chi connectivity index (χ1v) is 9.79. The molecule has 0 aromatic heterocycles. The number of aryl methyl sites for hydroxylation is 1. The van der Waals surface area contributed by atoms with Crippen LogP contribution in [-0.2, 0) is 11.3 Å². The molecule has 2 aromatic carbocycles. The molecule has 0 spiro atoms. The zero-order chi connectivity index (χ0) is 18.4. The molecule has 1 saturated heterocycles. The number of carbonyl (C=O) groups excluding carboxylic acids is 1. The molecule has 1 atom stereocenters. The maximum Gasteiger partial charge on any atom is 0.223 e. The fourth-order valence-corrected chi connectivity index (χ4v) is 3.86. The second-order valence-corrected chi connectivity index (χ2v) is 7.36. The Kier molecular flexibility index (Phi) is 6.45. The summed E-state index contributed by atoms with van der Waals surface area (Å²) in [4.78, 5) is 15.2. The largest absolute Gasteiger partial charge is 0.349 e. The van der Waals surface area contributed by atoms with Gasteiger partial charge in [-0.15, -0.1) is 0 Å². The normalized spacial score (nSPS) is 17.0. The van der Waals surface area contributed by atoms with E-state index in [2.05, 4.69) is 78.7 Å². The summed E-state index contributed by atoms with van der Waals surface area (Å²) < 4.78 is 0. The number of nitrogens with zero attached hydrogens (tertiary/aromatic N) is 1. The van der Waals surface area contributed by atoms with E-state index in [1.165, 1.54) is 16.7 Å². The Morgan fingerprint density at radius 3 is 2.38 bits per heavy atom. The maximum absolute atomic E-state index is 12.8. The number of hydrogen-bond acceptors (Lipinski definition) is 2. The molecule has 3 nitrogen and oxygen atoms in total. The van der Waals surface area contributed by atoms with Crippen LogP contribution in [-0.4, -0.2) is 23.9 Å². The smallest absolute Gasteiger partial charge is 0.223 e. The summed E-state index contributed by atoms with van der Waals surface area (Å²) in [6, 6.07) is 19.1. The van der Waals surface area contributed by atoms with Crippen LogP contribution in [0.2, 0.25) is 0 Å². The lowest BCUT2D eigenvalue weighted by Gasteiger charge is -2.32. The first kappa shape index (κ1) is 18.7. The van der Waals surface area contributed by atoms with Gasteiger partial charge in [0.15, 0.2) is 0 Å². The number of carbonyl (C=O) groups is 1. The highest BCUT2D eigenvalue weighted by Gasteiger charge is 2.26. The average molecular weight is 351 g/mol. The van der Waals surface area contributed by atoms with Gasteiger partial charge in [0.05, 0.1) is 6.04 Å². The van der Waals surface area contributed by atoms with Crippen molar-refractivity contribution < 1.29 is 4.79 Å². The SMILES string of the molecule is CCC(NC(=O)C1CCN(Cc2ccccc2)CC1)c1ccccc1C. The van der Waals surface area contributed by atoms with E-state index in [1.807, 2.05) is 0 Å². The lowest BCUT2D eigenvalue weighted by molar-refractivity contribution is -0.127. The van der Waals surface area contributed by atoms with Gasteiger partial charge in [0.1, 0.15) is 0 Å². The third kappa shape index (κ3) is 4.73. The minimum Gasteiger partial charge on any atom is -0.349 e. The minimum absolute atomic E-state index is 0.117. The van der Waals surface area contributed by atoms with Crippen LogP contribution in [0.4, 0.5) is 0 Å². The van der Waals surface area contributed by atoms with Crippen LogP contribution in [0.5, 0.6) is 0 Å². The van der Waals surface area contributed by atoms with Gasteiger partial charge in [-0.25, -0.2) is 0 Å². The predicted molar refractivity (Wildman–Crippen MR) is 107 cm³/mol. The van der Waals surface area contributed by atoms with Crippen molar-refractivity contribution in [3.63, 3.8) is 0 Å². The van der Waals surface area contributed by atoms with Gasteiger partial charge >= 0.3 is 0 Å². The van der Waals surface area contributed by atoms with E-state index < -0.39 is 0 Å². The minimum atomic E-state index is 0.117. The summed E-state index contributed by atoms with van der Waals surface area (Å²) in [6.07, 6.45) is 2.81. The second kappa shape index (κ2) is 9.00. The Labute approximate surface area is 157 Å². The van der Waals surface area contributed by atoms with Crippen molar-refractivity contribution in [3.8, 4) is 0 Å². The molecule has 0 saturated carbocycles. The van der Waals surface area contributed by atoms with E-state index in [-0.39, 0.29) is 17.9 Å². The van der Waals surface area contributed by atoms with Crippen molar-refractivity contribution in [1.82, 2.24) is 10.2 Å². The number of likely N-dealkylation sites (tertiary alicyclic amines) is 1. The zero-order valence-corrected chi connectivity index (χ0v) is 15.9. The molecule has 1 fully saturated rings. The molecule has 1 aliphatic rings. The molecule has 1 unspecified atom stereocenters. The van der Waals surface area contributed by atoms with E-state index in [9.17, 15) is 4.79 Å². The highest BCUT2D eigenvalue weighted by Crippen LogP contribution is 2.24. The molecule has 1 aliphatic heterocycles. The van der Waals surface area contributed by atoms with Crippen molar-refractivity contribution in [1.29, 1.82) is 0 Å². The molecule has 138 valence electrons. The average Bonchev–Trinajstić information content (AvgIpc) is 2.68. The predicted octanol–water partition coefficient (Wildman–Crippen LogP) is 4.47. The van der Waals surface area contributed by atoms with Crippen LogP contribution < -0.4 is 5.32 Å². The van der Waals surface area contributed by atoms with Gasteiger partial charge in [0.25, 0.3) is 0 Å². The quantitative estimate of drug-likeness (QED) is 0.833. The first-order valence-electron chi connectivity index (χ1n) is 9.79. The van der Waals surface area contributed by atoms with Gasteiger partial charge in [0.2, 0.25) is 5.91 Å². The fraction of sp³-hybridized carbons (Fsp3) is 0.435. The zero-order valence-electron chi connectivity index (χ0n) is 15.9. The topological polar surface area (TPSA) is 32.3 Å². The molecule has 3 heteroatoms. The number of piperidine rings is 1. The molecular formula is C23H30N2O. The third-order valence-corrected chi connectivity index (χ3v) is 5.50. The van der Waals surface area contributed by atoms with Gasteiger partial charge < -0.3 is 5.32 Å². The Balaban J connectivity index is 1.52. The maximum atomic E-state index is 12.8. The summed E-state index contributed by atoms with van der Waals surface area (Å²) >= 11 is 0. The van der Waals surface area contributed by atoms with E-state index in [0.717, 1.165) is 38.9 Å². The van der Waals surface area contributed by atoms with Gasteiger partial charge in [-0.3, -0.25) is 9.69 Å². The monoisotopic (exact) mass is 350 g/mol. The second-order valence-electron chi connectivity index (χ2n) is 7.36. The number of nitrogens with one attached hydrogen (secondary N) is 1. The molecule has 26 heavy (non-hydrogen) atoms. The molecule has 3 rings (SSSR count). The molecule has 0 radical (unpaired) electrons. The van der Waals surface area contributed by atoms with Crippen molar-refractivity contribution in [2.75, 3.05) is 13.1 Å². The Morgan fingerprint density at radius 2 is 1.73 bits per heavy atom. The lowest BCUT2D eigenvalue weighted by Crippen LogP contribution is -2.41. The third-order valence-electron chi connectivity index (χ3n) is 5.50. The van der Waals surface area contributed by atoms with Crippen molar-refractivity contribution in [3.05, 3.63) is 71.3 Å². The van der Waals surface area contributed by atoms with E-state index in [1.54, 1.807) is 0 Å². The van der Waals surface area contributed by atoms with Crippen molar-refractivity contribution in [2.24, 2.45) is 5.92 Å². The fourth-order valence-electron chi connectivity index (χ4n) is 3.86. The van der Waals surface area contributed by atoms with Gasteiger partial charge in [-0.1, -0.05) is 61.5 Å². The Morgan fingerprint density at radius 1 is 1.08 bits per heavy atom. The van der Waals surface area contributed by atoms with Crippen molar-refractivity contribution in [2.45, 2.75) is 45.7 Å². The highest BCUT2D eigenvalue weighted by molar-refractivity contribution is 5.79. The van der Waals surface area contributed by atoms with Crippen LogP contribution in [0.25, 0.3) is 0 Å². The number of benzene rings is 2. The molecule has 1 heterocycles. The van der Waals surface area contributed by atoms with E-state index >= 15 is 0 Å². The molecular weight excluding hydrogens is 320 g/mol. The molecule has 2 aromatic rings. The van der Waals surface area contributed by atoms with Gasteiger partial charge in [-0.05, 0) is 56.0 Å². The summed E-state index contributed by atoms with van der Waals surface area (Å²) in [7, 11) is 0. The number of rotatable bonds is 6. The van der Waals surface area contributed by atoms with Gasteiger partial charge in [0, 0.05) is 12.5 Å². The summed E-state index contributed by atoms with van der Waals surface area (Å²) in [5, 5.41) is 3.30.